The molecule has 0 aliphatic carbocycles. The molecule has 2 heterocycles. The fourth-order valence-corrected chi connectivity index (χ4v) is 4.27. The summed E-state index contributed by atoms with van der Waals surface area (Å²) in [6.07, 6.45) is 2.42. The summed E-state index contributed by atoms with van der Waals surface area (Å²) in [5.74, 6) is -0.281. The standard InChI is InChI=1S/C24H26ClN5O3/c1-14-12-15(4-6-17(14)24(33)30-10-2-3-11-30)23(32)29-19(8-9-21(26)31)22-27-18-7-5-16(25)13-20(18)28-22/h4-7,12-13,19H,2-3,8-11H2,1H3,(H2,26,31)(H,27,28)(H,29,32)/t19-/m0/s1. The number of likely N-dealkylation sites (tertiary alicyclic amines) is 1. The molecule has 0 saturated carbocycles. The maximum Gasteiger partial charge on any atom is 0.254 e. The zero-order chi connectivity index (χ0) is 23.5. The lowest BCUT2D eigenvalue weighted by Crippen LogP contribution is -2.31. The third-order valence-electron chi connectivity index (χ3n) is 5.89. The summed E-state index contributed by atoms with van der Waals surface area (Å²) in [7, 11) is 0. The third kappa shape index (κ3) is 5.17. The molecule has 172 valence electrons. The number of aryl methyl sites for hydroxylation is 1. The number of aromatic nitrogens is 2. The Labute approximate surface area is 196 Å². The lowest BCUT2D eigenvalue weighted by Gasteiger charge is -2.18. The molecular weight excluding hydrogens is 442 g/mol. The van der Waals surface area contributed by atoms with E-state index in [4.69, 9.17) is 17.3 Å². The summed E-state index contributed by atoms with van der Waals surface area (Å²) in [6, 6.07) is 9.78. The van der Waals surface area contributed by atoms with Crippen LogP contribution in [0, 0.1) is 6.92 Å². The highest BCUT2D eigenvalue weighted by Crippen LogP contribution is 2.23. The van der Waals surface area contributed by atoms with Crippen molar-refractivity contribution in [2.45, 2.75) is 38.6 Å². The van der Waals surface area contributed by atoms with Gasteiger partial charge >= 0.3 is 0 Å². The molecule has 1 aliphatic heterocycles. The molecule has 0 radical (unpaired) electrons. The van der Waals surface area contributed by atoms with E-state index in [-0.39, 0.29) is 18.2 Å². The number of hydrogen-bond acceptors (Lipinski definition) is 4. The Morgan fingerprint density at radius 3 is 2.64 bits per heavy atom. The second-order valence-electron chi connectivity index (χ2n) is 8.34. The second kappa shape index (κ2) is 9.62. The Morgan fingerprint density at radius 2 is 1.94 bits per heavy atom. The normalized spacial score (nSPS) is 14.4. The monoisotopic (exact) mass is 467 g/mol. The summed E-state index contributed by atoms with van der Waals surface area (Å²) in [5, 5.41) is 3.50. The molecule has 1 atom stereocenters. The van der Waals surface area contributed by atoms with Gasteiger partial charge in [-0.2, -0.15) is 0 Å². The average molecular weight is 468 g/mol. The van der Waals surface area contributed by atoms with E-state index in [2.05, 4.69) is 15.3 Å². The fourth-order valence-electron chi connectivity index (χ4n) is 4.10. The molecule has 4 rings (SSSR count). The zero-order valence-corrected chi connectivity index (χ0v) is 19.1. The van der Waals surface area contributed by atoms with Crippen molar-refractivity contribution in [3.05, 3.63) is 63.9 Å². The number of halogens is 1. The van der Waals surface area contributed by atoms with Gasteiger partial charge in [0.25, 0.3) is 11.8 Å². The van der Waals surface area contributed by atoms with Crippen LogP contribution >= 0.6 is 11.6 Å². The largest absolute Gasteiger partial charge is 0.370 e. The Balaban J connectivity index is 1.55. The molecule has 3 aromatic rings. The predicted molar refractivity (Wildman–Crippen MR) is 126 cm³/mol. The highest BCUT2D eigenvalue weighted by Gasteiger charge is 2.23. The molecule has 9 heteroatoms. The van der Waals surface area contributed by atoms with Gasteiger partial charge in [0.05, 0.1) is 17.1 Å². The van der Waals surface area contributed by atoms with E-state index in [0.717, 1.165) is 37.0 Å². The van der Waals surface area contributed by atoms with Crippen LogP contribution in [0.2, 0.25) is 5.02 Å². The van der Waals surface area contributed by atoms with E-state index in [1.165, 1.54) is 0 Å². The number of nitrogens with one attached hydrogen (secondary N) is 2. The molecule has 3 amide bonds. The molecule has 1 aliphatic rings. The minimum absolute atomic E-state index is 0.00257. The van der Waals surface area contributed by atoms with Gasteiger partial charge in [-0.15, -0.1) is 0 Å². The van der Waals surface area contributed by atoms with Crippen molar-refractivity contribution < 1.29 is 14.4 Å². The van der Waals surface area contributed by atoms with E-state index < -0.39 is 11.9 Å². The molecule has 0 spiro atoms. The van der Waals surface area contributed by atoms with Crippen LogP contribution in [0.5, 0.6) is 0 Å². The number of fused-ring (bicyclic) bond motifs is 1. The maximum atomic E-state index is 13.0. The van der Waals surface area contributed by atoms with E-state index >= 15 is 0 Å². The van der Waals surface area contributed by atoms with Gasteiger partial charge < -0.3 is 20.9 Å². The summed E-state index contributed by atoms with van der Waals surface area (Å²) < 4.78 is 0. The average Bonchev–Trinajstić information content (AvgIpc) is 3.45. The molecule has 1 aromatic heterocycles. The highest BCUT2D eigenvalue weighted by molar-refractivity contribution is 6.31. The topological polar surface area (TPSA) is 121 Å². The maximum absolute atomic E-state index is 13.0. The fraction of sp³-hybridized carbons (Fsp3) is 0.333. The van der Waals surface area contributed by atoms with Gasteiger partial charge in [-0.25, -0.2) is 4.98 Å². The van der Waals surface area contributed by atoms with Crippen LogP contribution in [-0.2, 0) is 4.79 Å². The van der Waals surface area contributed by atoms with Crippen LogP contribution in [0.1, 0.15) is 63.8 Å². The number of carbonyl (C=O) groups excluding carboxylic acids is 3. The number of H-pyrrole nitrogens is 1. The number of hydrogen-bond donors (Lipinski definition) is 3. The lowest BCUT2D eigenvalue weighted by molar-refractivity contribution is -0.118. The van der Waals surface area contributed by atoms with Gasteiger partial charge in [-0.1, -0.05) is 11.6 Å². The molecule has 33 heavy (non-hydrogen) atoms. The highest BCUT2D eigenvalue weighted by atomic mass is 35.5. The Bertz CT molecular complexity index is 1220. The Kier molecular flexibility index (Phi) is 6.65. The summed E-state index contributed by atoms with van der Waals surface area (Å²) >= 11 is 6.05. The molecule has 2 aromatic carbocycles. The smallest absolute Gasteiger partial charge is 0.254 e. The van der Waals surface area contributed by atoms with E-state index in [9.17, 15) is 14.4 Å². The Morgan fingerprint density at radius 1 is 1.18 bits per heavy atom. The van der Waals surface area contributed by atoms with Gasteiger partial charge in [0.1, 0.15) is 5.82 Å². The molecule has 1 saturated heterocycles. The molecule has 0 bridgehead atoms. The molecule has 4 N–H and O–H groups in total. The summed E-state index contributed by atoms with van der Waals surface area (Å²) in [6.45, 7) is 3.36. The van der Waals surface area contributed by atoms with Crippen LogP contribution < -0.4 is 11.1 Å². The number of carbonyl (C=O) groups is 3. The first kappa shape index (κ1) is 22.8. The van der Waals surface area contributed by atoms with Crippen LogP contribution in [0.4, 0.5) is 0 Å². The van der Waals surface area contributed by atoms with Gasteiger partial charge in [0.15, 0.2) is 0 Å². The van der Waals surface area contributed by atoms with Crippen LogP contribution in [-0.4, -0.2) is 45.7 Å². The summed E-state index contributed by atoms with van der Waals surface area (Å²) in [5.41, 5.74) is 8.54. The number of rotatable bonds is 7. The lowest BCUT2D eigenvalue weighted by atomic mass is 10.0. The minimum atomic E-state index is -0.553. The van der Waals surface area contributed by atoms with Crippen LogP contribution in [0.25, 0.3) is 11.0 Å². The van der Waals surface area contributed by atoms with Crippen molar-refractivity contribution >= 4 is 40.4 Å². The van der Waals surface area contributed by atoms with Crippen molar-refractivity contribution in [2.75, 3.05) is 13.1 Å². The predicted octanol–water partition coefficient (Wildman–Crippen LogP) is 3.50. The van der Waals surface area contributed by atoms with Gasteiger partial charge in [-0.3, -0.25) is 14.4 Å². The van der Waals surface area contributed by atoms with Crippen LogP contribution in [0.3, 0.4) is 0 Å². The van der Waals surface area contributed by atoms with E-state index in [0.29, 0.717) is 33.9 Å². The summed E-state index contributed by atoms with van der Waals surface area (Å²) in [4.78, 5) is 46.7. The molecule has 1 fully saturated rings. The van der Waals surface area contributed by atoms with Crippen molar-refractivity contribution in [3.8, 4) is 0 Å². The van der Waals surface area contributed by atoms with Crippen molar-refractivity contribution in [3.63, 3.8) is 0 Å². The Hall–Kier alpha value is -3.39. The first-order valence-corrected chi connectivity index (χ1v) is 11.3. The van der Waals surface area contributed by atoms with E-state index in [1.807, 2.05) is 11.8 Å². The second-order valence-corrected chi connectivity index (χ2v) is 8.78. The molecule has 8 nitrogen and oxygen atoms in total. The minimum Gasteiger partial charge on any atom is -0.370 e. The molecular formula is C24H26ClN5O3. The molecule has 0 unspecified atom stereocenters. The van der Waals surface area contributed by atoms with Crippen LogP contribution in [0.15, 0.2) is 36.4 Å². The van der Waals surface area contributed by atoms with Gasteiger partial charge in [0.2, 0.25) is 5.91 Å². The quantitative estimate of drug-likeness (QED) is 0.492. The number of nitrogens with zero attached hydrogens (tertiary/aromatic N) is 2. The van der Waals surface area contributed by atoms with Crippen molar-refractivity contribution in [2.24, 2.45) is 5.73 Å². The number of imidazole rings is 1. The van der Waals surface area contributed by atoms with Crippen molar-refractivity contribution in [1.82, 2.24) is 20.2 Å². The third-order valence-corrected chi connectivity index (χ3v) is 6.13. The first-order chi connectivity index (χ1) is 15.8. The first-order valence-electron chi connectivity index (χ1n) is 11.0. The number of aromatic amines is 1. The van der Waals surface area contributed by atoms with Crippen molar-refractivity contribution in [1.29, 1.82) is 0 Å². The number of nitrogens with two attached hydrogens (primary N) is 1. The SMILES string of the molecule is Cc1cc(C(=O)N[C@@H](CCC(N)=O)c2nc3cc(Cl)ccc3[nH]2)ccc1C(=O)N1CCCC1. The van der Waals surface area contributed by atoms with E-state index in [1.54, 1.807) is 36.4 Å². The number of benzene rings is 2. The number of primary amides is 1. The van der Waals surface area contributed by atoms with Gasteiger partial charge in [-0.05, 0) is 68.1 Å². The number of amides is 3. The zero-order valence-electron chi connectivity index (χ0n) is 18.4. The van der Waals surface area contributed by atoms with Gasteiger partial charge in [0, 0.05) is 35.7 Å².